The Morgan fingerprint density at radius 2 is 2.05 bits per heavy atom. The molecule has 0 unspecified atom stereocenters. The molecule has 1 aromatic heterocycles. The Morgan fingerprint density at radius 3 is 2.65 bits per heavy atom. The molecule has 2 rings (SSSR count). The van der Waals surface area contributed by atoms with Crippen LogP contribution in [0.15, 0.2) is 29.6 Å². The Bertz CT molecular complexity index is 575. The number of nitrogens with zero attached hydrogens (tertiary/aromatic N) is 1. The lowest BCUT2D eigenvalue weighted by atomic mass is 10.1. The van der Waals surface area contributed by atoms with Gasteiger partial charge < -0.3 is 11.1 Å². The number of amides is 1. The molecular formula is C15H19N3OS. The van der Waals surface area contributed by atoms with Crippen LogP contribution in [0.5, 0.6) is 0 Å². The van der Waals surface area contributed by atoms with Gasteiger partial charge in [0.2, 0.25) is 5.91 Å². The Morgan fingerprint density at radius 1 is 1.35 bits per heavy atom. The summed E-state index contributed by atoms with van der Waals surface area (Å²) in [5.41, 5.74) is 8.36. The van der Waals surface area contributed by atoms with Crippen LogP contribution in [-0.4, -0.2) is 10.9 Å². The van der Waals surface area contributed by atoms with Crippen molar-refractivity contribution in [2.24, 2.45) is 0 Å². The first-order chi connectivity index (χ1) is 9.54. The van der Waals surface area contributed by atoms with Crippen molar-refractivity contribution in [3.63, 3.8) is 0 Å². The monoisotopic (exact) mass is 289 g/mol. The maximum Gasteiger partial charge on any atom is 0.224 e. The van der Waals surface area contributed by atoms with Gasteiger partial charge in [0.05, 0.1) is 18.7 Å². The molecule has 0 bridgehead atoms. The quantitative estimate of drug-likeness (QED) is 0.832. The van der Waals surface area contributed by atoms with Crippen molar-refractivity contribution in [2.75, 3.05) is 5.73 Å². The van der Waals surface area contributed by atoms with E-state index in [9.17, 15) is 4.79 Å². The van der Waals surface area contributed by atoms with Crippen molar-refractivity contribution in [2.45, 2.75) is 32.7 Å². The first-order valence-electron chi connectivity index (χ1n) is 6.60. The van der Waals surface area contributed by atoms with E-state index >= 15 is 0 Å². The fourth-order valence-corrected chi connectivity index (χ4v) is 2.62. The smallest absolute Gasteiger partial charge is 0.224 e. The molecule has 1 aromatic carbocycles. The SMILES string of the molecule is CC(C)c1csc(CNC(=O)Cc2ccc(N)cc2)n1. The summed E-state index contributed by atoms with van der Waals surface area (Å²) in [5, 5.41) is 5.88. The Hall–Kier alpha value is -1.88. The van der Waals surface area contributed by atoms with Gasteiger partial charge in [-0.25, -0.2) is 4.98 Å². The molecule has 4 nitrogen and oxygen atoms in total. The molecule has 5 heteroatoms. The highest BCUT2D eigenvalue weighted by Gasteiger charge is 2.07. The molecule has 106 valence electrons. The Labute approximate surface area is 123 Å². The summed E-state index contributed by atoms with van der Waals surface area (Å²) in [6, 6.07) is 7.35. The number of rotatable bonds is 5. The van der Waals surface area contributed by atoms with Gasteiger partial charge in [-0.05, 0) is 23.6 Å². The Kier molecular flexibility index (Phi) is 4.74. The van der Waals surface area contributed by atoms with E-state index in [0.29, 0.717) is 24.6 Å². The summed E-state index contributed by atoms with van der Waals surface area (Å²) in [4.78, 5) is 16.3. The summed E-state index contributed by atoms with van der Waals surface area (Å²) < 4.78 is 0. The van der Waals surface area contributed by atoms with Gasteiger partial charge in [0, 0.05) is 11.1 Å². The summed E-state index contributed by atoms with van der Waals surface area (Å²) in [6.07, 6.45) is 0.364. The van der Waals surface area contributed by atoms with Crippen LogP contribution in [-0.2, 0) is 17.8 Å². The lowest BCUT2D eigenvalue weighted by molar-refractivity contribution is -0.120. The first-order valence-corrected chi connectivity index (χ1v) is 7.48. The van der Waals surface area contributed by atoms with Crippen LogP contribution in [0.25, 0.3) is 0 Å². The van der Waals surface area contributed by atoms with Crippen LogP contribution >= 0.6 is 11.3 Å². The standard InChI is InChI=1S/C15H19N3OS/c1-10(2)13-9-20-15(18-13)8-17-14(19)7-11-3-5-12(16)6-4-11/h3-6,9-10H,7-8,16H2,1-2H3,(H,17,19). The minimum absolute atomic E-state index is 0.00364. The molecule has 0 saturated heterocycles. The van der Waals surface area contributed by atoms with Crippen LogP contribution in [0.4, 0.5) is 5.69 Å². The average molecular weight is 289 g/mol. The number of hydrogen-bond acceptors (Lipinski definition) is 4. The maximum atomic E-state index is 11.8. The normalized spacial score (nSPS) is 10.8. The van der Waals surface area contributed by atoms with Crippen LogP contribution in [0, 0.1) is 0 Å². The zero-order valence-corrected chi connectivity index (χ0v) is 12.5. The van der Waals surface area contributed by atoms with E-state index in [1.807, 2.05) is 17.5 Å². The molecule has 0 saturated carbocycles. The third-order valence-corrected chi connectivity index (χ3v) is 3.81. The molecule has 0 spiro atoms. The van der Waals surface area contributed by atoms with Crippen molar-refractivity contribution in [1.29, 1.82) is 0 Å². The third kappa shape index (κ3) is 4.06. The number of benzene rings is 1. The zero-order valence-electron chi connectivity index (χ0n) is 11.7. The molecule has 1 amide bonds. The number of anilines is 1. The number of thiazole rings is 1. The number of aromatic nitrogens is 1. The summed E-state index contributed by atoms with van der Waals surface area (Å²) in [6.45, 7) is 4.71. The van der Waals surface area contributed by atoms with Crippen LogP contribution in [0.3, 0.4) is 0 Å². The zero-order chi connectivity index (χ0) is 14.5. The summed E-state index contributed by atoms with van der Waals surface area (Å²) in [7, 11) is 0. The van der Waals surface area contributed by atoms with E-state index in [1.165, 1.54) is 0 Å². The number of hydrogen-bond donors (Lipinski definition) is 2. The third-order valence-electron chi connectivity index (χ3n) is 2.94. The van der Waals surface area contributed by atoms with Crippen molar-refractivity contribution >= 4 is 22.9 Å². The van der Waals surface area contributed by atoms with Crippen molar-refractivity contribution in [3.8, 4) is 0 Å². The number of carbonyl (C=O) groups is 1. The molecule has 20 heavy (non-hydrogen) atoms. The van der Waals surface area contributed by atoms with Crippen molar-refractivity contribution < 1.29 is 4.79 Å². The van der Waals surface area contributed by atoms with Gasteiger partial charge in [-0.3, -0.25) is 4.79 Å². The molecule has 0 aliphatic heterocycles. The number of nitrogens with one attached hydrogen (secondary N) is 1. The number of nitrogen functional groups attached to an aromatic ring is 1. The van der Waals surface area contributed by atoms with Gasteiger partial charge in [-0.15, -0.1) is 11.3 Å². The fraction of sp³-hybridized carbons (Fsp3) is 0.333. The van der Waals surface area contributed by atoms with E-state index < -0.39 is 0 Å². The van der Waals surface area contributed by atoms with E-state index in [2.05, 4.69) is 24.1 Å². The maximum absolute atomic E-state index is 11.8. The van der Waals surface area contributed by atoms with Crippen LogP contribution < -0.4 is 11.1 Å². The van der Waals surface area contributed by atoms with Gasteiger partial charge in [-0.2, -0.15) is 0 Å². The second-order valence-corrected chi connectivity index (χ2v) is 5.96. The molecule has 0 atom stereocenters. The van der Waals surface area contributed by atoms with Gasteiger partial charge in [0.15, 0.2) is 0 Å². The summed E-state index contributed by atoms with van der Waals surface area (Å²) >= 11 is 1.59. The minimum atomic E-state index is -0.00364. The van der Waals surface area contributed by atoms with Gasteiger partial charge in [0.25, 0.3) is 0 Å². The van der Waals surface area contributed by atoms with E-state index in [-0.39, 0.29) is 5.91 Å². The number of nitrogens with two attached hydrogens (primary N) is 1. The topological polar surface area (TPSA) is 68.0 Å². The van der Waals surface area contributed by atoms with Gasteiger partial charge in [-0.1, -0.05) is 26.0 Å². The number of carbonyl (C=O) groups excluding carboxylic acids is 1. The predicted octanol–water partition coefficient (Wildman–Crippen LogP) is 2.71. The molecular weight excluding hydrogens is 270 g/mol. The lowest BCUT2D eigenvalue weighted by Gasteiger charge is -2.04. The van der Waals surface area contributed by atoms with Crippen LogP contribution in [0.2, 0.25) is 0 Å². The Balaban J connectivity index is 1.84. The van der Waals surface area contributed by atoms with Gasteiger partial charge >= 0.3 is 0 Å². The van der Waals surface area contributed by atoms with Crippen LogP contribution in [0.1, 0.15) is 36.0 Å². The minimum Gasteiger partial charge on any atom is -0.399 e. The molecule has 0 fully saturated rings. The van der Waals surface area contributed by atoms with E-state index in [1.54, 1.807) is 23.5 Å². The second-order valence-electron chi connectivity index (χ2n) is 5.02. The molecule has 1 heterocycles. The molecule has 0 aliphatic rings. The van der Waals surface area contributed by atoms with E-state index in [0.717, 1.165) is 16.3 Å². The van der Waals surface area contributed by atoms with Crippen molar-refractivity contribution in [3.05, 3.63) is 45.9 Å². The highest BCUT2D eigenvalue weighted by molar-refractivity contribution is 7.09. The predicted molar refractivity (Wildman–Crippen MR) is 82.6 cm³/mol. The largest absolute Gasteiger partial charge is 0.399 e. The highest BCUT2D eigenvalue weighted by Crippen LogP contribution is 2.17. The lowest BCUT2D eigenvalue weighted by Crippen LogP contribution is -2.24. The average Bonchev–Trinajstić information content (AvgIpc) is 2.88. The van der Waals surface area contributed by atoms with Crippen molar-refractivity contribution in [1.82, 2.24) is 10.3 Å². The second kappa shape index (κ2) is 6.52. The fourth-order valence-electron chi connectivity index (χ4n) is 1.73. The molecule has 2 aromatic rings. The molecule has 0 radical (unpaired) electrons. The molecule has 0 aliphatic carbocycles. The summed E-state index contributed by atoms with van der Waals surface area (Å²) in [5.74, 6) is 0.418. The van der Waals surface area contributed by atoms with Gasteiger partial charge in [0.1, 0.15) is 5.01 Å². The van der Waals surface area contributed by atoms with E-state index in [4.69, 9.17) is 5.73 Å². The highest BCUT2D eigenvalue weighted by atomic mass is 32.1. The first kappa shape index (κ1) is 14.5. The molecule has 3 N–H and O–H groups in total.